The molecule has 86 valence electrons. The molecule has 1 unspecified atom stereocenters. The van der Waals surface area contributed by atoms with Crippen molar-refractivity contribution in [1.29, 1.82) is 0 Å². The fourth-order valence-electron chi connectivity index (χ4n) is 1.25. The van der Waals surface area contributed by atoms with Crippen LogP contribution in [0.1, 0.15) is 6.92 Å². The van der Waals surface area contributed by atoms with Gasteiger partial charge in [0.2, 0.25) is 5.91 Å². The van der Waals surface area contributed by atoms with Gasteiger partial charge in [0.05, 0.1) is 6.61 Å². The highest BCUT2D eigenvalue weighted by molar-refractivity contribution is 5.88. The van der Waals surface area contributed by atoms with Crippen LogP contribution in [0.2, 0.25) is 0 Å². The van der Waals surface area contributed by atoms with Crippen LogP contribution in [0.15, 0.2) is 18.2 Å². The number of amides is 1. The number of epoxide rings is 1. The fourth-order valence-corrected chi connectivity index (χ4v) is 1.25. The molecule has 1 aliphatic heterocycles. The van der Waals surface area contributed by atoms with Crippen molar-refractivity contribution < 1.29 is 18.7 Å². The van der Waals surface area contributed by atoms with E-state index in [1.165, 1.54) is 19.1 Å². The Kier molecular flexibility index (Phi) is 3.05. The first-order valence-electron chi connectivity index (χ1n) is 4.96. The molecule has 1 fully saturated rings. The van der Waals surface area contributed by atoms with Gasteiger partial charge in [0, 0.05) is 18.7 Å². The molecule has 1 aliphatic rings. The van der Waals surface area contributed by atoms with Crippen molar-refractivity contribution in [3.63, 3.8) is 0 Å². The van der Waals surface area contributed by atoms with Crippen molar-refractivity contribution in [2.75, 3.05) is 18.5 Å². The number of halogens is 1. The van der Waals surface area contributed by atoms with Crippen LogP contribution in [0.3, 0.4) is 0 Å². The molecule has 2 rings (SSSR count). The summed E-state index contributed by atoms with van der Waals surface area (Å²) in [5, 5.41) is 2.49. The SMILES string of the molecule is CC(=O)Nc1ccc(OCC2CO2)c(F)c1. The van der Waals surface area contributed by atoms with E-state index in [1.807, 2.05) is 0 Å². The molecule has 5 heteroatoms. The number of rotatable bonds is 4. The second-order valence-corrected chi connectivity index (χ2v) is 3.59. The maximum absolute atomic E-state index is 13.5. The molecule has 1 aromatic rings. The number of ether oxygens (including phenoxy) is 2. The summed E-state index contributed by atoms with van der Waals surface area (Å²) >= 11 is 0. The summed E-state index contributed by atoms with van der Waals surface area (Å²) in [5.74, 6) is -0.559. The molecule has 1 atom stereocenters. The summed E-state index contributed by atoms with van der Waals surface area (Å²) in [6.45, 7) is 2.40. The largest absolute Gasteiger partial charge is 0.488 e. The number of nitrogens with one attached hydrogen (secondary N) is 1. The Hall–Kier alpha value is -1.62. The lowest BCUT2D eigenvalue weighted by molar-refractivity contribution is -0.114. The summed E-state index contributed by atoms with van der Waals surface area (Å²) in [4.78, 5) is 10.8. The molecule has 1 N–H and O–H groups in total. The minimum atomic E-state index is -0.494. The Bertz CT molecular complexity index is 404. The molecular weight excluding hydrogens is 213 g/mol. The standard InChI is InChI=1S/C11H12FNO3/c1-7(14)13-8-2-3-11(10(12)4-8)16-6-9-5-15-9/h2-4,9H,5-6H2,1H3,(H,13,14). The van der Waals surface area contributed by atoms with Crippen LogP contribution < -0.4 is 10.1 Å². The van der Waals surface area contributed by atoms with Crippen molar-refractivity contribution >= 4 is 11.6 Å². The van der Waals surface area contributed by atoms with Crippen LogP contribution in [-0.4, -0.2) is 25.2 Å². The number of benzene rings is 1. The average molecular weight is 225 g/mol. The number of carbonyl (C=O) groups is 1. The summed E-state index contributed by atoms with van der Waals surface area (Å²) in [6, 6.07) is 4.31. The molecule has 1 amide bonds. The van der Waals surface area contributed by atoms with Gasteiger partial charge in [-0.2, -0.15) is 0 Å². The van der Waals surface area contributed by atoms with Gasteiger partial charge >= 0.3 is 0 Å². The quantitative estimate of drug-likeness (QED) is 0.791. The van der Waals surface area contributed by atoms with E-state index in [2.05, 4.69) is 5.32 Å². The van der Waals surface area contributed by atoms with Gasteiger partial charge in [-0.3, -0.25) is 4.79 Å². The second kappa shape index (κ2) is 4.49. The van der Waals surface area contributed by atoms with Crippen molar-refractivity contribution in [3.05, 3.63) is 24.0 Å². The van der Waals surface area contributed by atoms with Crippen LogP contribution in [0.5, 0.6) is 5.75 Å². The first-order valence-corrected chi connectivity index (χ1v) is 4.96. The number of carbonyl (C=O) groups excluding carboxylic acids is 1. The zero-order valence-corrected chi connectivity index (χ0v) is 8.83. The van der Waals surface area contributed by atoms with E-state index in [-0.39, 0.29) is 17.8 Å². The smallest absolute Gasteiger partial charge is 0.221 e. The Labute approximate surface area is 92.4 Å². The van der Waals surface area contributed by atoms with Crippen molar-refractivity contribution in [2.45, 2.75) is 13.0 Å². The van der Waals surface area contributed by atoms with Crippen LogP contribution in [0.4, 0.5) is 10.1 Å². The molecule has 0 bridgehead atoms. The normalized spacial score (nSPS) is 18.0. The highest BCUT2D eigenvalue weighted by Gasteiger charge is 2.23. The Morgan fingerprint density at radius 1 is 1.69 bits per heavy atom. The predicted octanol–water partition coefficient (Wildman–Crippen LogP) is 1.56. The van der Waals surface area contributed by atoms with Crippen LogP contribution >= 0.6 is 0 Å². The highest BCUT2D eigenvalue weighted by atomic mass is 19.1. The van der Waals surface area contributed by atoms with Gasteiger partial charge in [-0.1, -0.05) is 0 Å². The third-order valence-corrected chi connectivity index (χ3v) is 2.08. The van der Waals surface area contributed by atoms with Crippen molar-refractivity contribution in [2.24, 2.45) is 0 Å². The molecule has 16 heavy (non-hydrogen) atoms. The maximum Gasteiger partial charge on any atom is 0.221 e. The van der Waals surface area contributed by atoms with Crippen LogP contribution in [-0.2, 0) is 9.53 Å². The van der Waals surface area contributed by atoms with E-state index >= 15 is 0 Å². The zero-order chi connectivity index (χ0) is 11.5. The second-order valence-electron chi connectivity index (χ2n) is 3.59. The monoisotopic (exact) mass is 225 g/mol. The van der Waals surface area contributed by atoms with Gasteiger partial charge in [0.15, 0.2) is 11.6 Å². The summed E-state index contributed by atoms with van der Waals surface area (Å²) in [7, 11) is 0. The first-order chi connectivity index (χ1) is 7.65. The number of hydrogen-bond donors (Lipinski definition) is 1. The predicted molar refractivity (Wildman–Crippen MR) is 55.9 cm³/mol. The van der Waals surface area contributed by atoms with E-state index in [4.69, 9.17) is 9.47 Å². The van der Waals surface area contributed by atoms with Gasteiger partial charge in [-0.15, -0.1) is 0 Å². The molecule has 1 heterocycles. The lowest BCUT2D eigenvalue weighted by atomic mass is 10.3. The minimum Gasteiger partial charge on any atom is -0.488 e. The van der Waals surface area contributed by atoms with E-state index < -0.39 is 5.82 Å². The Morgan fingerprint density at radius 2 is 2.44 bits per heavy atom. The molecule has 0 spiro atoms. The van der Waals surface area contributed by atoms with Gasteiger partial charge in [0.25, 0.3) is 0 Å². The lowest BCUT2D eigenvalue weighted by Gasteiger charge is -2.07. The molecule has 0 aromatic heterocycles. The van der Waals surface area contributed by atoms with Crippen LogP contribution in [0, 0.1) is 5.82 Å². The van der Waals surface area contributed by atoms with Gasteiger partial charge in [0.1, 0.15) is 12.7 Å². The molecule has 4 nitrogen and oxygen atoms in total. The summed E-state index contributed by atoms with van der Waals surface area (Å²) < 4.78 is 23.6. The number of hydrogen-bond acceptors (Lipinski definition) is 3. The molecular formula is C11H12FNO3. The third-order valence-electron chi connectivity index (χ3n) is 2.08. The first kappa shape index (κ1) is 10.9. The molecule has 0 aliphatic carbocycles. The lowest BCUT2D eigenvalue weighted by Crippen LogP contribution is -2.08. The van der Waals surface area contributed by atoms with E-state index in [1.54, 1.807) is 6.07 Å². The minimum absolute atomic E-state index is 0.0921. The van der Waals surface area contributed by atoms with Crippen molar-refractivity contribution in [3.8, 4) is 5.75 Å². The summed E-state index contributed by atoms with van der Waals surface area (Å²) in [5.41, 5.74) is 0.417. The molecule has 0 saturated carbocycles. The van der Waals surface area contributed by atoms with Gasteiger partial charge in [-0.25, -0.2) is 4.39 Å². The Balaban J connectivity index is 2.00. The van der Waals surface area contributed by atoms with E-state index in [0.717, 1.165) is 0 Å². The van der Waals surface area contributed by atoms with Gasteiger partial charge < -0.3 is 14.8 Å². The summed E-state index contributed by atoms with van der Waals surface area (Å²) in [6.07, 6.45) is 0.0921. The zero-order valence-electron chi connectivity index (χ0n) is 8.83. The number of anilines is 1. The van der Waals surface area contributed by atoms with Crippen LogP contribution in [0.25, 0.3) is 0 Å². The van der Waals surface area contributed by atoms with E-state index in [9.17, 15) is 9.18 Å². The third kappa shape index (κ3) is 2.93. The Morgan fingerprint density at radius 3 is 3.00 bits per heavy atom. The molecule has 1 aromatic carbocycles. The average Bonchev–Trinajstić information content (AvgIpc) is 2.99. The topological polar surface area (TPSA) is 50.9 Å². The molecule has 0 radical (unpaired) electrons. The van der Waals surface area contributed by atoms with E-state index in [0.29, 0.717) is 18.9 Å². The van der Waals surface area contributed by atoms with Gasteiger partial charge in [-0.05, 0) is 12.1 Å². The van der Waals surface area contributed by atoms with Crippen molar-refractivity contribution in [1.82, 2.24) is 0 Å². The highest BCUT2D eigenvalue weighted by Crippen LogP contribution is 2.22. The maximum atomic E-state index is 13.5. The fraction of sp³-hybridized carbons (Fsp3) is 0.364. The molecule has 1 saturated heterocycles.